The van der Waals surface area contributed by atoms with E-state index in [0.29, 0.717) is 0 Å². The van der Waals surface area contributed by atoms with Gasteiger partial charge in [-0.05, 0) is 0 Å². The van der Waals surface area contributed by atoms with Crippen molar-refractivity contribution in [3.8, 4) is 0 Å². The molecule has 0 radical (unpaired) electrons. The number of hydrogen-bond donors (Lipinski definition) is 6. The first-order chi connectivity index (χ1) is 7.39. The molecule has 3 amide bonds. The lowest BCUT2D eigenvalue weighted by Crippen LogP contribution is -2.54. The summed E-state index contributed by atoms with van der Waals surface area (Å²) in [4.78, 5) is 33.3. The van der Waals surface area contributed by atoms with E-state index in [1.54, 1.807) is 10.9 Å². The van der Waals surface area contributed by atoms with Crippen molar-refractivity contribution in [3.05, 3.63) is 0 Å². The maximum atomic E-state index is 11.2. The molecule has 0 fully saturated rings. The number of carbonyl (C=O) groups excluding carboxylic acids is 3. The SMILES string of the molecule is CNC(=O)CC(O)(CC(=O)NN)C(=O)NN. The van der Waals surface area contributed by atoms with Gasteiger partial charge in [-0.25, -0.2) is 11.7 Å². The fourth-order valence-corrected chi connectivity index (χ4v) is 1.03. The zero-order valence-corrected chi connectivity index (χ0v) is 8.74. The van der Waals surface area contributed by atoms with E-state index in [9.17, 15) is 19.5 Å². The van der Waals surface area contributed by atoms with Crippen LogP contribution in [0.15, 0.2) is 0 Å². The first-order valence-corrected chi connectivity index (χ1v) is 4.33. The van der Waals surface area contributed by atoms with Gasteiger partial charge in [-0.3, -0.25) is 25.2 Å². The first kappa shape index (κ1) is 14.3. The second kappa shape index (κ2) is 6.00. The summed E-state index contributed by atoms with van der Waals surface area (Å²) in [6.07, 6.45) is -1.26. The van der Waals surface area contributed by atoms with Crippen molar-refractivity contribution in [2.24, 2.45) is 11.7 Å². The fourth-order valence-electron chi connectivity index (χ4n) is 1.03. The Kier molecular flexibility index (Phi) is 5.36. The van der Waals surface area contributed by atoms with Gasteiger partial charge in [0.2, 0.25) is 11.8 Å². The normalized spacial score (nSPS) is 13.5. The summed E-state index contributed by atoms with van der Waals surface area (Å²) < 4.78 is 0. The van der Waals surface area contributed by atoms with Crippen LogP contribution in [-0.4, -0.2) is 35.5 Å². The molecule has 0 spiro atoms. The molecule has 0 rings (SSSR count). The molecule has 16 heavy (non-hydrogen) atoms. The van der Waals surface area contributed by atoms with Crippen molar-refractivity contribution in [3.63, 3.8) is 0 Å². The van der Waals surface area contributed by atoms with E-state index in [0.717, 1.165) is 0 Å². The second-order valence-corrected chi connectivity index (χ2v) is 3.10. The number of nitrogens with two attached hydrogens (primary N) is 2. The Bertz CT molecular complexity index is 275. The first-order valence-electron chi connectivity index (χ1n) is 4.33. The van der Waals surface area contributed by atoms with Crippen LogP contribution in [0.1, 0.15) is 12.8 Å². The van der Waals surface area contributed by atoms with Crippen molar-refractivity contribution in [1.82, 2.24) is 16.2 Å². The van der Waals surface area contributed by atoms with Crippen molar-refractivity contribution >= 4 is 17.7 Å². The molecule has 8 N–H and O–H groups in total. The van der Waals surface area contributed by atoms with E-state index >= 15 is 0 Å². The number of aliphatic hydroxyl groups is 1. The average molecular weight is 233 g/mol. The molecule has 0 bridgehead atoms. The molecule has 0 aliphatic carbocycles. The lowest BCUT2D eigenvalue weighted by atomic mass is 9.93. The Balaban J connectivity index is 4.81. The van der Waals surface area contributed by atoms with Crippen LogP contribution in [0, 0.1) is 0 Å². The Morgan fingerprint density at radius 1 is 1.12 bits per heavy atom. The molecule has 0 saturated carbocycles. The van der Waals surface area contributed by atoms with Gasteiger partial charge < -0.3 is 10.4 Å². The van der Waals surface area contributed by atoms with E-state index in [1.807, 2.05) is 0 Å². The topological polar surface area (TPSA) is 160 Å². The van der Waals surface area contributed by atoms with Crippen LogP contribution in [0.25, 0.3) is 0 Å². The average Bonchev–Trinajstić information content (AvgIpc) is 2.27. The molecule has 92 valence electrons. The van der Waals surface area contributed by atoms with E-state index < -0.39 is 36.2 Å². The number of hydrogen-bond acceptors (Lipinski definition) is 6. The van der Waals surface area contributed by atoms with Gasteiger partial charge in [-0.1, -0.05) is 0 Å². The van der Waals surface area contributed by atoms with E-state index in [2.05, 4.69) is 5.32 Å². The largest absolute Gasteiger partial charge is 0.379 e. The molecule has 0 aromatic carbocycles. The Morgan fingerprint density at radius 2 is 1.62 bits per heavy atom. The van der Waals surface area contributed by atoms with Crippen molar-refractivity contribution in [2.45, 2.75) is 18.4 Å². The molecule has 1 unspecified atom stereocenters. The van der Waals surface area contributed by atoms with Crippen molar-refractivity contribution < 1.29 is 19.5 Å². The molecule has 9 heteroatoms. The molecule has 0 heterocycles. The predicted molar refractivity (Wildman–Crippen MR) is 52.9 cm³/mol. The maximum Gasteiger partial charge on any atom is 0.266 e. The summed E-state index contributed by atoms with van der Waals surface area (Å²) in [5, 5.41) is 12.0. The minimum atomic E-state index is -2.22. The summed E-state index contributed by atoms with van der Waals surface area (Å²) >= 11 is 0. The van der Waals surface area contributed by atoms with Gasteiger partial charge in [0.15, 0.2) is 5.60 Å². The molecule has 1 atom stereocenters. The second-order valence-electron chi connectivity index (χ2n) is 3.10. The smallest absolute Gasteiger partial charge is 0.266 e. The summed E-state index contributed by atoms with van der Waals surface area (Å²) in [5.74, 6) is 7.20. The quantitative estimate of drug-likeness (QED) is 0.162. The standard InChI is InChI=1S/C7H15N5O4/c1-10-4(13)2-7(16,6(15)12-9)3-5(14)11-8/h16H,2-3,8-9H2,1H3,(H,10,13)(H,11,14)(H,12,15). The molecule has 0 aliphatic rings. The fraction of sp³-hybridized carbons (Fsp3) is 0.571. The number of amides is 3. The lowest BCUT2D eigenvalue weighted by molar-refractivity contribution is -0.149. The van der Waals surface area contributed by atoms with E-state index in [1.165, 1.54) is 7.05 Å². The highest BCUT2D eigenvalue weighted by Crippen LogP contribution is 2.15. The highest BCUT2D eigenvalue weighted by atomic mass is 16.3. The predicted octanol–water partition coefficient (Wildman–Crippen LogP) is -3.78. The summed E-state index contributed by atoms with van der Waals surface area (Å²) in [7, 11) is 1.33. The summed E-state index contributed by atoms with van der Waals surface area (Å²) in [5.41, 5.74) is 1.19. The van der Waals surface area contributed by atoms with Crippen molar-refractivity contribution in [2.75, 3.05) is 7.05 Å². The molecule has 0 aromatic rings. The monoisotopic (exact) mass is 233 g/mol. The third-order valence-electron chi connectivity index (χ3n) is 1.90. The molecule has 0 aromatic heterocycles. The number of hydrazine groups is 2. The van der Waals surface area contributed by atoms with Crippen LogP contribution in [0.3, 0.4) is 0 Å². The molecule has 9 nitrogen and oxygen atoms in total. The van der Waals surface area contributed by atoms with Gasteiger partial charge in [0.25, 0.3) is 5.91 Å². The van der Waals surface area contributed by atoms with E-state index in [4.69, 9.17) is 11.7 Å². The van der Waals surface area contributed by atoms with E-state index in [-0.39, 0.29) is 0 Å². The third kappa shape index (κ3) is 3.81. The van der Waals surface area contributed by atoms with Gasteiger partial charge >= 0.3 is 0 Å². The Morgan fingerprint density at radius 3 is 2.00 bits per heavy atom. The van der Waals surface area contributed by atoms with Crippen LogP contribution in [0.2, 0.25) is 0 Å². The lowest BCUT2D eigenvalue weighted by Gasteiger charge is -2.24. The highest BCUT2D eigenvalue weighted by Gasteiger charge is 2.39. The number of nitrogens with one attached hydrogen (secondary N) is 3. The minimum Gasteiger partial charge on any atom is -0.379 e. The van der Waals surface area contributed by atoms with Crippen LogP contribution in [-0.2, 0) is 14.4 Å². The van der Waals surface area contributed by atoms with Crippen LogP contribution in [0.5, 0.6) is 0 Å². The molecular weight excluding hydrogens is 218 g/mol. The zero-order chi connectivity index (χ0) is 12.8. The summed E-state index contributed by atoms with van der Waals surface area (Å²) in [6, 6.07) is 0. The number of carbonyl (C=O) groups is 3. The highest BCUT2D eigenvalue weighted by molar-refractivity contribution is 5.94. The number of rotatable bonds is 5. The van der Waals surface area contributed by atoms with Crippen LogP contribution < -0.4 is 27.9 Å². The van der Waals surface area contributed by atoms with Gasteiger partial charge in [0, 0.05) is 7.05 Å². The van der Waals surface area contributed by atoms with Crippen molar-refractivity contribution in [1.29, 1.82) is 0 Å². The van der Waals surface area contributed by atoms with Crippen LogP contribution in [0.4, 0.5) is 0 Å². The minimum absolute atomic E-state index is 0.597. The molecule has 0 saturated heterocycles. The summed E-state index contributed by atoms with van der Waals surface area (Å²) in [6.45, 7) is 0. The van der Waals surface area contributed by atoms with Gasteiger partial charge in [0.1, 0.15) is 0 Å². The molecule has 0 aliphatic heterocycles. The maximum absolute atomic E-state index is 11.2. The Labute approximate surface area is 91.5 Å². The van der Waals surface area contributed by atoms with Crippen LogP contribution >= 0.6 is 0 Å². The molecular formula is C7H15N5O4. The van der Waals surface area contributed by atoms with Gasteiger partial charge in [-0.2, -0.15) is 0 Å². The third-order valence-corrected chi connectivity index (χ3v) is 1.90. The van der Waals surface area contributed by atoms with Gasteiger partial charge in [-0.15, -0.1) is 0 Å². The Hall–Kier alpha value is -1.71. The van der Waals surface area contributed by atoms with Gasteiger partial charge in [0.05, 0.1) is 12.8 Å². The zero-order valence-electron chi connectivity index (χ0n) is 8.74.